The quantitative estimate of drug-likeness (QED) is 0.685. The van der Waals surface area contributed by atoms with Crippen LogP contribution in [0, 0.1) is 0 Å². The number of anilines is 1. The zero-order valence-corrected chi connectivity index (χ0v) is 11.0. The van der Waals surface area contributed by atoms with Gasteiger partial charge in [0.1, 0.15) is 0 Å². The van der Waals surface area contributed by atoms with Gasteiger partial charge in [0.25, 0.3) is 5.56 Å². The second-order valence-electron chi connectivity index (χ2n) is 3.51. The Kier molecular flexibility index (Phi) is 6.00. The van der Waals surface area contributed by atoms with Crippen LogP contribution in [-0.4, -0.2) is 42.2 Å². The Morgan fingerprint density at radius 2 is 2.29 bits per heavy atom. The summed E-state index contributed by atoms with van der Waals surface area (Å²) in [5.74, 6) is 0.887. The first-order chi connectivity index (χ1) is 8.24. The molecule has 1 rings (SSSR count). The van der Waals surface area contributed by atoms with Gasteiger partial charge < -0.3 is 14.2 Å². The maximum atomic E-state index is 12.1. The van der Waals surface area contributed by atoms with Gasteiger partial charge in [0.05, 0.1) is 6.61 Å². The molecule has 0 saturated heterocycles. The number of aryl methyl sites for hydroxylation is 1. The van der Waals surface area contributed by atoms with Gasteiger partial charge in [-0.15, -0.1) is 11.6 Å². The molecule has 96 valence electrons. The van der Waals surface area contributed by atoms with Crippen molar-refractivity contribution < 1.29 is 4.74 Å². The monoisotopic (exact) mass is 259 g/mol. The van der Waals surface area contributed by atoms with E-state index in [1.165, 1.54) is 0 Å². The van der Waals surface area contributed by atoms with E-state index in [2.05, 4.69) is 4.98 Å². The second-order valence-corrected chi connectivity index (χ2v) is 3.89. The Morgan fingerprint density at radius 1 is 1.53 bits per heavy atom. The molecule has 1 aromatic heterocycles. The lowest BCUT2D eigenvalue weighted by Crippen LogP contribution is -2.36. The molecule has 17 heavy (non-hydrogen) atoms. The van der Waals surface area contributed by atoms with Crippen LogP contribution in [0.3, 0.4) is 0 Å². The van der Waals surface area contributed by atoms with Crippen LogP contribution >= 0.6 is 11.6 Å². The summed E-state index contributed by atoms with van der Waals surface area (Å²) in [6, 6.07) is 0. The van der Waals surface area contributed by atoms with Gasteiger partial charge in [-0.05, 0) is 6.92 Å². The summed E-state index contributed by atoms with van der Waals surface area (Å²) in [7, 11) is 1.63. The fourth-order valence-corrected chi connectivity index (χ4v) is 1.73. The Hall–Kier alpha value is -1.07. The highest BCUT2D eigenvalue weighted by molar-refractivity contribution is 6.18. The Morgan fingerprint density at radius 3 is 2.88 bits per heavy atom. The molecule has 0 atom stereocenters. The number of ether oxygens (including phenoxy) is 1. The average Bonchev–Trinajstić information content (AvgIpc) is 2.35. The summed E-state index contributed by atoms with van der Waals surface area (Å²) in [6.07, 6.45) is 3.31. The van der Waals surface area contributed by atoms with Crippen LogP contribution in [0.1, 0.15) is 6.92 Å². The molecule has 0 bridgehead atoms. The molecule has 0 spiro atoms. The van der Waals surface area contributed by atoms with E-state index in [1.807, 2.05) is 11.8 Å². The smallest absolute Gasteiger partial charge is 0.293 e. The van der Waals surface area contributed by atoms with Crippen molar-refractivity contribution in [2.45, 2.75) is 13.5 Å². The molecule has 0 saturated carbocycles. The van der Waals surface area contributed by atoms with Gasteiger partial charge in [-0.1, -0.05) is 0 Å². The second kappa shape index (κ2) is 7.29. The molecule has 0 aliphatic rings. The van der Waals surface area contributed by atoms with Crippen molar-refractivity contribution in [2.24, 2.45) is 0 Å². The molecule has 1 aromatic rings. The minimum Gasteiger partial charge on any atom is -0.383 e. The van der Waals surface area contributed by atoms with Gasteiger partial charge in [0.15, 0.2) is 5.82 Å². The number of nitrogens with zero attached hydrogens (tertiary/aromatic N) is 3. The highest BCUT2D eigenvalue weighted by atomic mass is 35.5. The molecule has 0 unspecified atom stereocenters. The fraction of sp³-hybridized carbons (Fsp3) is 0.636. The van der Waals surface area contributed by atoms with Crippen LogP contribution in [-0.2, 0) is 11.3 Å². The number of methoxy groups -OCH3 is 1. The molecule has 6 heteroatoms. The Bertz CT molecular complexity index is 395. The molecule has 1 heterocycles. The summed E-state index contributed by atoms with van der Waals surface area (Å²) < 4.78 is 6.64. The summed E-state index contributed by atoms with van der Waals surface area (Å²) in [4.78, 5) is 18.0. The van der Waals surface area contributed by atoms with Crippen LogP contribution < -0.4 is 10.5 Å². The number of hydrogen-bond acceptors (Lipinski definition) is 4. The lowest BCUT2D eigenvalue weighted by atomic mass is 10.4. The fourth-order valence-electron chi connectivity index (χ4n) is 1.53. The average molecular weight is 260 g/mol. The van der Waals surface area contributed by atoms with Crippen LogP contribution in [0.4, 0.5) is 5.82 Å². The zero-order chi connectivity index (χ0) is 12.7. The highest BCUT2D eigenvalue weighted by Crippen LogP contribution is 2.03. The molecule has 0 aliphatic carbocycles. The van der Waals surface area contributed by atoms with Crippen LogP contribution in [0.15, 0.2) is 17.2 Å². The SMILES string of the molecule is CCn1ccnc(N(CCCl)CCOC)c1=O. The normalized spacial score (nSPS) is 10.5. The standard InChI is InChI=1S/C11H18ClN3O2/c1-3-14-7-5-13-10(11(14)16)15(6-4-12)8-9-17-2/h5,7H,3-4,6,8-9H2,1-2H3. The van der Waals surface area contributed by atoms with Crippen molar-refractivity contribution in [3.8, 4) is 0 Å². The molecule has 0 aliphatic heterocycles. The van der Waals surface area contributed by atoms with Crippen LogP contribution in [0.5, 0.6) is 0 Å². The van der Waals surface area contributed by atoms with Gasteiger partial charge in [0.2, 0.25) is 0 Å². The van der Waals surface area contributed by atoms with Crippen molar-refractivity contribution in [1.82, 2.24) is 9.55 Å². The molecule has 0 aromatic carbocycles. The first-order valence-corrected chi connectivity index (χ1v) is 6.13. The van der Waals surface area contributed by atoms with Crippen LogP contribution in [0.25, 0.3) is 0 Å². The summed E-state index contributed by atoms with van der Waals surface area (Å²) in [5, 5.41) is 0. The molecular weight excluding hydrogens is 242 g/mol. The van der Waals surface area contributed by atoms with E-state index < -0.39 is 0 Å². The number of rotatable bonds is 7. The topological polar surface area (TPSA) is 47.4 Å². The maximum absolute atomic E-state index is 12.1. The number of aromatic nitrogens is 2. The van der Waals surface area contributed by atoms with Gasteiger partial charge in [-0.2, -0.15) is 0 Å². The van der Waals surface area contributed by atoms with Crippen molar-refractivity contribution >= 4 is 17.4 Å². The third kappa shape index (κ3) is 3.71. The third-order valence-corrected chi connectivity index (χ3v) is 2.62. The van der Waals surface area contributed by atoms with Crippen molar-refractivity contribution in [3.63, 3.8) is 0 Å². The molecule has 0 N–H and O–H groups in total. The molecule has 0 amide bonds. The first kappa shape index (κ1) is 14.0. The Labute approximate surface area is 106 Å². The van der Waals surface area contributed by atoms with E-state index in [0.29, 0.717) is 37.9 Å². The van der Waals surface area contributed by atoms with E-state index in [1.54, 1.807) is 24.1 Å². The van der Waals surface area contributed by atoms with Gasteiger partial charge in [0, 0.05) is 45.0 Å². The van der Waals surface area contributed by atoms with Crippen molar-refractivity contribution in [1.29, 1.82) is 0 Å². The molecule has 0 radical (unpaired) electrons. The maximum Gasteiger partial charge on any atom is 0.293 e. The highest BCUT2D eigenvalue weighted by Gasteiger charge is 2.12. The predicted molar refractivity (Wildman–Crippen MR) is 69.0 cm³/mol. The predicted octanol–water partition coefficient (Wildman–Crippen LogP) is 0.955. The largest absolute Gasteiger partial charge is 0.383 e. The van der Waals surface area contributed by atoms with E-state index in [0.717, 1.165) is 0 Å². The van der Waals surface area contributed by atoms with E-state index in [9.17, 15) is 4.79 Å². The first-order valence-electron chi connectivity index (χ1n) is 5.59. The summed E-state index contributed by atoms with van der Waals surface area (Å²) in [5.41, 5.74) is -0.0868. The molecule has 5 nitrogen and oxygen atoms in total. The Balaban J connectivity index is 2.96. The van der Waals surface area contributed by atoms with E-state index in [4.69, 9.17) is 16.3 Å². The van der Waals surface area contributed by atoms with Crippen LogP contribution in [0.2, 0.25) is 0 Å². The minimum atomic E-state index is -0.0868. The number of hydrogen-bond donors (Lipinski definition) is 0. The lowest BCUT2D eigenvalue weighted by Gasteiger charge is -2.21. The van der Waals surface area contributed by atoms with E-state index >= 15 is 0 Å². The molecular formula is C11H18ClN3O2. The van der Waals surface area contributed by atoms with Crippen molar-refractivity contribution in [3.05, 3.63) is 22.7 Å². The summed E-state index contributed by atoms with van der Waals surface area (Å²) in [6.45, 7) is 4.29. The third-order valence-electron chi connectivity index (χ3n) is 2.46. The number of halogens is 1. The number of alkyl halides is 1. The molecule has 0 fully saturated rings. The zero-order valence-electron chi connectivity index (χ0n) is 10.2. The van der Waals surface area contributed by atoms with Gasteiger partial charge in [-0.3, -0.25) is 4.79 Å². The lowest BCUT2D eigenvalue weighted by molar-refractivity contribution is 0.205. The summed E-state index contributed by atoms with van der Waals surface area (Å²) >= 11 is 5.73. The van der Waals surface area contributed by atoms with Gasteiger partial charge in [-0.25, -0.2) is 4.98 Å². The van der Waals surface area contributed by atoms with Crippen molar-refractivity contribution in [2.75, 3.05) is 37.6 Å². The van der Waals surface area contributed by atoms with E-state index in [-0.39, 0.29) is 5.56 Å². The minimum absolute atomic E-state index is 0.0868. The van der Waals surface area contributed by atoms with Gasteiger partial charge >= 0.3 is 0 Å².